The molecule has 0 radical (unpaired) electrons. The first-order valence-electron chi connectivity index (χ1n) is 4.25. The van der Waals surface area contributed by atoms with Crippen molar-refractivity contribution in [3.63, 3.8) is 0 Å². The third-order valence-electron chi connectivity index (χ3n) is 1.98. The van der Waals surface area contributed by atoms with Gasteiger partial charge in [0.15, 0.2) is 6.29 Å². The normalized spacial score (nSPS) is 13.5. The van der Waals surface area contributed by atoms with Crippen LogP contribution in [0, 0.1) is 0 Å². The molecule has 0 aliphatic carbocycles. The number of aliphatic hydroxyl groups excluding tert-OH is 1. The lowest BCUT2D eigenvalue weighted by molar-refractivity contribution is -0.163. The minimum absolute atomic E-state index is 0.350. The van der Waals surface area contributed by atoms with Crippen LogP contribution in [0.1, 0.15) is 5.82 Å². The molecular formula is C8H15N3O3. The number of hydrogen-bond acceptors (Lipinski definition) is 5. The van der Waals surface area contributed by atoms with Crippen LogP contribution in [0.5, 0.6) is 0 Å². The van der Waals surface area contributed by atoms with Crippen LogP contribution in [0.4, 0.5) is 0 Å². The molecule has 1 aromatic rings. The summed E-state index contributed by atoms with van der Waals surface area (Å²) < 4.78 is 11.4. The fourth-order valence-electron chi connectivity index (χ4n) is 1.20. The molecule has 0 saturated heterocycles. The largest absolute Gasteiger partial charge is 0.387 e. The second-order valence-electron chi connectivity index (χ2n) is 2.91. The Labute approximate surface area is 82.5 Å². The standard InChI is InChI=1S/C8H15N3O3/c1-11-7(9-5-10-11)4-6(12)8(13-2)14-3/h5-6,8,12H,4H2,1-3H3. The molecule has 1 rings (SSSR count). The SMILES string of the molecule is COC(OC)C(O)Cc1ncnn1C. The van der Waals surface area contributed by atoms with E-state index in [1.165, 1.54) is 20.5 Å². The molecule has 0 aliphatic rings. The Balaban J connectivity index is 2.56. The minimum Gasteiger partial charge on any atom is -0.387 e. The van der Waals surface area contributed by atoms with Gasteiger partial charge in [-0.05, 0) is 0 Å². The lowest BCUT2D eigenvalue weighted by Gasteiger charge is -2.19. The van der Waals surface area contributed by atoms with Crippen LogP contribution in [0.3, 0.4) is 0 Å². The number of nitrogens with zero attached hydrogens (tertiary/aromatic N) is 3. The highest BCUT2D eigenvalue weighted by atomic mass is 16.7. The second-order valence-corrected chi connectivity index (χ2v) is 2.91. The molecule has 0 bridgehead atoms. The van der Waals surface area contributed by atoms with Crippen molar-refractivity contribution < 1.29 is 14.6 Å². The van der Waals surface area contributed by atoms with Gasteiger partial charge in [-0.25, -0.2) is 4.98 Å². The second kappa shape index (κ2) is 5.04. The van der Waals surface area contributed by atoms with Gasteiger partial charge in [0, 0.05) is 27.7 Å². The lowest BCUT2D eigenvalue weighted by Crippen LogP contribution is -2.32. The van der Waals surface area contributed by atoms with Crippen LogP contribution in [-0.4, -0.2) is 46.5 Å². The van der Waals surface area contributed by atoms with Gasteiger partial charge in [-0.1, -0.05) is 0 Å². The lowest BCUT2D eigenvalue weighted by atomic mass is 10.2. The van der Waals surface area contributed by atoms with E-state index in [2.05, 4.69) is 10.1 Å². The van der Waals surface area contributed by atoms with Gasteiger partial charge in [0.2, 0.25) is 0 Å². The number of hydrogen-bond donors (Lipinski definition) is 1. The van der Waals surface area contributed by atoms with Gasteiger partial charge < -0.3 is 14.6 Å². The zero-order valence-corrected chi connectivity index (χ0v) is 8.54. The first kappa shape index (κ1) is 11.1. The fraction of sp³-hybridized carbons (Fsp3) is 0.750. The Morgan fingerprint density at radius 2 is 2.14 bits per heavy atom. The van der Waals surface area contributed by atoms with Crippen LogP contribution in [-0.2, 0) is 22.9 Å². The van der Waals surface area contributed by atoms with Crippen molar-refractivity contribution in [2.24, 2.45) is 7.05 Å². The highest BCUT2D eigenvalue weighted by Crippen LogP contribution is 2.05. The Morgan fingerprint density at radius 3 is 2.57 bits per heavy atom. The van der Waals surface area contributed by atoms with E-state index in [0.29, 0.717) is 12.2 Å². The van der Waals surface area contributed by atoms with Gasteiger partial charge in [0.1, 0.15) is 18.3 Å². The predicted octanol–water partition coefficient (Wildman–Crippen LogP) is -0.663. The summed E-state index contributed by atoms with van der Waals surface area (Å²) in [7, 11) is 4.73. The first-order chi connectivity index (χ1) is 6.69. The third-order valence-corrected chi connectivity index (χ3v) is 1.98. The minimum atomic E-state index is -0.743. The summed E-state index contributed by atoms with van der Waals surface area (Å²) in [6.07, 6.45) is 0.416. The Hall–Kier alpha value is -0.980. The third kappa shape index (κ3) is 2.50. The fourth-order valence-corrected chi connectivity index (χ4v) is 1.20. The van der Waals surface area contributed by atoms with E-state index in [0.717, 1.165) is 0 Å². The summed E-state index contributed by atoms with van der Waals surface area (Å²) in [4.78, 5) is 3.99. The molecule has 1 unspecified atom stereocenters. The molecule has 14 heavy (non-hydrogen) atoms. The molecule has 0 aromatic carbocycles. The van der Waals surface area contributed by atoms with Crippen molar-refractivity contribution in [1.82, 2.24) is 14.8 Å². The maximum atomic E-state index is 9.67. The van der Waals surface area contributed by atoms with E-state index in [1.54, 1.807) is 11.7 Å². The Bertz CT molecular complexity index is 273. The van der Waals surface area contributed by atoms with E-state index in [4.69, 9.17) is 9.47 Å². The monoisotopic (exact) mass is 201 g/mol. The molecule has 6 nitrogen and oxygen atoms in total. The quantitative estimate of drug-likeness (QED) is 0.640. The number of ether oxygens (including phenoxy) is 2. The average Bonchev–Trinajstić information content (AvgIpc) is 2.54. The molecule has 0 spiro atoms. The number of aliphatic hydroxyl groups is 1. The Kier molecular flexibility index (Phi) is 3.99. The van der Waals surface area contributed by atoms with E-state index < -0.39 is 12.4 Å². The van der Waals surface area contributed by atoms with Crippen molar-refractivity contribution in [3.8, 4) is 0 Å². The maximum absolute atomic E-state index is 9.67. The van der Waals surface area contributed by atoms with E-state index in [9.17, 15) is 5.11 Å². The maximum Gasteiger partial charge on any atom is 0.183 e. The smallest absolute Gasteiger partial charge is 0.183 e. The van der Waals surface area contributed by atoms with E-state index in [1.807, 2.05) is 0 Å². The zero-order valence-electron chi connectivity index (χ0n) is 8.54. The van der Waals surface area contributed by atoms with Gasteiger partial charge in [-0.2, -0.15) is 5.10 Å². The molecule has 0 fully saturated rings. The molecule has 0 amide bonds. The summed E-state index contributed by atoms with van der Waals surface area (Å²) in [6.45, 7) is 0. The topological polar surface area (TPSA) is 69.4 Å². The zero-order chi connectivity index (χ0) is 10.6. The van der Waals surface area contributed by atoms with E-state index in [-0.39, 0.29) is 0 Å². The Morgan fingerprint density at radius 1 is 1.50 bits per heavy atom. The molecular weight excluding hydrogens is 186 g/mol. The summed E-state index contributed by atoms with van der Waals surface area (Å²) in [6, 6.07) is 0. The van der Waals surface area contributed by atoms with Crippen molar-refractivity contribution in [3.05, 3.63) is 12.2 Å². The van der Waals surface area contributed by atoms with Gasteiger partial charge in [-0.15, -0.1) is 0 Å². The van der Waals surface area contributed by atoms with Crippen LogP contribution in [0.25, 0.3) is 0 Å². The van der Waals surface area contributed by atoms with Gasteiger partial charge in [-0.3, -0.25) is 4.68 Å². The van der Waals surface area contributed by atoms with E-state index >= 15 is 0 Å². The van der Waals surface area contributed by atoms with Crippen molar-refractivity contribution in [2.75, 3.05) is 14.2 Å². The van der Waals surface area contributed by atoms with Crippen molar-refractivity contribution in [2.45, 2.75) is 18.8 Å². The molecule has 80 valence electrons. The van der Waals surface area contributed by atoms with Crippen LogP contribution in [0.15, 0.2) is 6.33 Å². The van der Waals surface area contributed by atoms with Crippen LogP contribution < -0.4 is 0 Å². The molecule has 1 aromatic heterocycles. The summed E-state index contributed by atoms with van der Waals surface area (Å²) in [5.74, 6) is 0.691. The van der Waals surface area contributed by atoms with Crippen LogP contribution in [0.2, 0.25) is 0 Å². The number of aromatic nitrogens is 3. The first-order valence-corrected chi connectivity index (χ1v) is 4.25. The van der Waals surface area contributed by atoms with Crippen LogP contribution >= 0.6 is 0 Å². The van der Waals surface area contributed by atoms with Crippen molar-refractivity contribution >= 4 is 0 Å². The summed E-state index contributed by atoms with van der Waals surface area (Å²) in [5.41, 5.74) is 0. The van der Waals surface area contributed by atoms with Gasteiger partial charge in [0.05, 0.1) is 0 Å². The molecule has 6 heteroatoms. The van der Waals surface area contributed by atoms with Gasteiger partial charge in [0.25, 0.3) is 0 Å². The molecule has 0 saturated carbocycles. The molecule has 1 atom stereocenters. The number of methoxy groups -OCH3 is 2. The number of aryl methyl sites for hydroxylation is 1. The van der Waals surface area contributed by atoms with Gasteiger partial charge >= 0.3 is 0 Å². The summed E-state index contributed by atoms with van der Waals surface area (Å²) >= 11 is 0. The summed E-state index contributed by atoms with van der Waals surface area (Å²) in [5, 5.41) is 13.6. The molecule has 1 N–H and O–H groups in total. The van der Waals surface area contributed by atoms with Crippen molar-refractivity contribution in [1.29, 1.82) is 0 Å². The highest BCUT2D eigenvalue weighted by Gasteiger charge is 2.20. The molecule has 1 heterocycles. The predicted molar refractivity (Wildman–Crippen MR) is 48.5 cm³/mol. The highest BCUT2D eigenvalue weighted by molar-refractivity contribution is 4.87. The number of rotatable bonds is 5. The molecule has 0 aliphatic heterocycles. The average molecular weight is 201 g/mol.